The lowest BCUT2D eigenvalue weighted by Crippen LogP contribution is -2.38. The minimum atomic E-state index is -0.349. The van der Waals surface area contributed by atoms with Gasteiger partial charge in [0.15, 0.2) is 0 Å². The van der Waals surface area contributed by atoms with Gasteiger partial charge in [-0.15, -0.1) is 0 Å². The maximum absolute atomic E-state index is 13.6. The highest BCUT2D eigenvalue weighted by Crippen LogP contribution is 2.36. The number of morpholine rings is 1. The number of rotatable bonds is 7. The molecule has 2 heterocycles. The Hall–Kier alpha value is -2.94. The number of nitrogens with one attached hydrogen (secondary N) is 1. The molecule has 1 N–H and O–H groups in total. The highest BCUT2D eigenvalue weighted by atomic mass is 35.5. The Balaban J connectivity index is 1.55. The molecule has 1 aliphatic heterocycles. The minimum absolute atomic E-state index is 0.332. The minimum Gasteiger partial charge on any atom is -0.492 e. The van der Waals surface area contributed by atoms with E-state index in [4.69, 9.17) is 21.1 Å². The van der Waals surface area contributed by atoms with Crippen LogP contribution in [0.2, 0.25) is 5.02 Å². The van der Waals surface area contributed by atoms with Crippen LogP contribution in [-0.2, 0) is 11.8 Å². The van der Waals surface area contributed by atoms with Crippen molar-refractivity contribution >= 4 is 23.2 Å². The van der Waals surface area contributed by atoms with Crippen LogP contribution in [0.25, 0.3) is 11.3 Å². The summed E-state index contributed by atoms with van der Waals surface area (Å²) in [5.41, 5.74) is 2.76. The second-order valence-corrected chi connectivity index (χ2v) is 8.30. The van der Waals surface area contributed by atoms with Crippen LogP contribution in [0.5, 0.6) is 5.75 Å². The number of amides is 1. The highest BCUT2D eigenvalue weighted by Gasteiger charge is 2.18. The van der Waals surface area contributed by atoms with E-state index in [-0.39, 0.29) is 11.7 Å². The molecule has 1 aliphatic rings. The quantitative estimate of drug-likeness (QED) is 0.559. The van der Waals surface area contributed by atoms with Crippen LogP contribution in [0.1, 0.15) is 15.9 Å². The molecule has 3 aromatic rings. The van der Waals surface area contributed by atoms with Gasteiger partial charge >= 0.3 is 0 Å². The molecule has 9 heteroatoms. The summed E-state index contributed by atoms with van der Waals surface area (Å²) in [6.07, 6.45) is 1.57. The molecule has 1 fully saturated rings. The zero-order valence-electron chi connectivity index (χ0n) is 18.6. The van der Waals surface area contributed by atoms with Crippen molar-refractivity contribution in [3.8, 4) is 17.0 Å². The van der Waals surface area contributed by atoms with E-state index in [1.54, 1.807) is 37.0 Å². The average molecular weight is 473 g/mol. The van der Waals surface area contributed by atoms with Gasteiger partial charge in [0.2, 0.25) is 0 Å². The fourth-order valence-corrected chi connectivity index (χ4v) is 4.00. The highest BCUT2D eigenvalue weighted by molar-refractivity contribution is 6.33. The van der Waals surface area contributed by atoms with E-state index in [0.717, 1.165) is 38.4 Å². The summed E-state index contributed by atoms with van der Waals surface area (Å²) in [5.74, 6) is -0.0382. The first-order chi connectivity index (χ1) is 15.9. The lowest BCUT2D eigenvalue weighted by atomic mass is 10.1. The first-order valence-corrected chi connectivity index (χ1v) is 11.1. The first-order valence-electron chi connectivity index (χ1n) is 10.7. The summed E-state index contributed by atoms with van der Waals surface area (Å²) in [4.78, 5) is 15.0. The zero-order valence-corrected chi connectivity index (χ0v) is 19.4. The second kappa shape index (κ2) is 10.3. The van der Waals surface area contributed by atoms with Crippen molar-refractivity contribution in [2.24, 2.45) is 7.05 Å². The molecule has 1 amide bonds. The van der Waals surface area contributed by atoms with Crippen molar-refractivity contribution in [3.05, 3.63) is 64.6 Å². The number of halogens is 2. The summed E-state index contributed by atoms with van der Waals surface area (Å²) >= 11 is 6.41. The van der Waals surface area contributed by atoms with Crippen molar-refractivity contribution in [1.82, 2.24) is 14.7 Å². The smallest absolute Gasteiger partial charge is 0.255 e. The fraction of sp³-hybridized carbons (Fsp3) is 0.333. The Morgan fingerprint density at radius 2 is 2.03 bits per heavy atom. The van der Waals surface area contributed by atoms with E-state index in [9.17, 15) is 9.18 Å². The number of aromatic nitrogens is 2. The third-order valence-corrected chi connectivity index (χ3v) is 5.85. The molecule has 33 heavy (non-hydrogen) atoms. The molecule has 1 aromatic heterocycles. The van der Waals surface area contributed by atoms with E-state index in [2.05, 4.69) is 15.3 Å². The number of hydrogen-bond donors (Lipinski definition) is 1. The lowest BCUT2D eigenvalue weighted by Gasteiger charge is -2.26. The number of aryl methyl sites for hydroxylation is 2. The van der Waals surface area contributed by atoms with Crippen molar-refractivity contribution in [2.75, 3.05) is 44.8 Å². The molecule has 0 radical (unpaired) electrons. The second-order valence-electron chi connectivity index (χ2n) is 7.90. The van der Waals surface area contributed by atoms with Crippen LogP contribution in [0, 0.1) is 12.7 Å². The van der Waals surface area contributed by atoms with E-state index in [1.807, 2.05) is 6.07 Å². The number of nitrogens with zero attached hydrogens (tertiary/aromatic N) is 3. The first kappa shape index (κ1) is 23.2. The molecule has 174 valence electrons. The molecule has 0 atom stereocenters. The van der Waals surface area contributed by atoms with Crippen LogP contribution in [0.3, 0.4) is 0 Å². The summed E-state index contributed by atoms with van der Waals surface area (Å²) in [6.45, 7) is 6.15. The average Bonchev–Trinajstić information content (AvgIpc) is 3.15. The number of ether oxygens (including phenoxy) is 2. The SMILES string of the molecule is Cc1cc(C(=O)Nc2ccc(OCCN3CCOCC3)c(-c3c(Cl)cnn3C)c2)ccc1F. The fourth-order valence-electron chi connectivity index (χ4n) is 3.73. The monoisotopic (exact) mass is 472 g/mol. The molecule has 7 nitrogen and oxygen atoms in total. The Labute approximate surface area is 197 Å². The summed E-state index contributed by atoms with van der Waals surface area (Å²) in [7, 11) is 1.80. The van der Waals surface area contributed by atoms with E-state index < -0.39 is 0 Å². The van der Waals surface area contributed by atoms with Gasteiger partial charge in [-0.25, -0.2) is 4.39 Å². The number of carbonyl (C=O) groups is 1. The van der Waals surface area contributed by atoms with Gasteiger partial charge < -0.3 is 14.8 Å². The van der Waals surface area contributed by atoms with Crippen molar-refractivity contribution < 1.29 is 18.7 Å². The molecule has 0 unspecified atom stereocenters. The molecular weight excluding hydrogens is 447 g/mol. The maximum atomic E-state index is 13.6. The standard InChI is InChI=1S/C24H26ClFN4O3/c1-16-13-17(3-5-21(16)26)24(31)28-18-4-6-22(33-12-9-30-7-10-32-11-8-30)19(14-18)23-20(25)15-27-29(23)2/h3-6,13-15H,7-12H2,1-2H3,(H,28,31). The molecule has 0 aliphatic carbocycles. The molecular formula is C24H26ClFN4O3. The van der Waals surface area contributed by atoms with Crippen molar-refractivity contribution in [2.45, 2.75) is 6.92 Å². The number of anilines is 1. The van der Waals surface area contributed by atoms with Gasteiger partial charge in [-0.1, -0.05) is 11.6 Å². The van der Waals surface area contributed by atoms with Gasteiger partial charge in [0.05, 0.1) is 30.1 Å². The third kappa shape index (κ3) is 5.52. The Bertz CT molecular complexity index is 1130. The van der Waals surface area contributed by atoms with E-state index in [1.165, 1.54) is 18.2 Å². The summed E-state index contributed by atoms with van der Waals surface area (Å²) in [6, 6.07) is 9.65. The van der Waals surface area contributed by atoms with E-state index in [0.29, 0.717) is 39.9 Å². The summed E-state index contributed by atoms with van der Waals surface area (Å²) in [5, 5.41) is 7.58. The van der Waals surface area contributed by atoms with Crippen molar-refractivity contribution in [1.29, 1.82) is 0 Å². The molecule has 1 saturated heterocycles. The van der Waals surface area contributed by atoms with Gasteiger partial charge in [-0.2, -0.15) is 5.10 Å². The lowest BCUT2D eigenvalue weighted by molar-refractivity contribution is 0.0323. The van der Waals surface area contributed by atoms with Gasteiger partial charge in [0.25, 0.3) is 5.91 Å². The number of carbonyl (C=O) groups excluding carboxylic acids is 1. The Kier molecular flexibility index (Phi) is 7.27. The molecule has 0 bridgehead atoms. The van der Waals surface area contributed by atoms with Crippen LogP contribution >= 0.6 is 11.6 Å². The molecule has 0 saturated carbocycles. The van der Waals surface area contributed by atoms with Gasteiger partial charge in [-0.05, 0) is 48.9 Å². The van der Waals surface area contributed by atoms with Gasteiger partial charge in [0, 0.05) is 43.5 Å². The van der Waals surface area contributed by atoms with Crippen LogP contribution in [-0.4, -0.2) is 60.0 Å². The zero-order chi connectivity index (χ0) is 23.4. The van der Waals surface area contributed by atoms with Gasteiger partial charge in [0.1, 0.15) is 18.2 Å². The maximum Gasteiger partial charge on any atom is 0.255 e. The van der Waals surface area contributed by atoms with Gasteiger partial charge in [-0.3, -0.25) is 14.4 Å². The Morgan fingerprint density at radius 1 is 1.24 bits per heavy atom. The van der Waals surface area contributed by atoms with Crippen LogP contribution in [0.4, 0.5) is 10.1 Å². The van der Waals surface area contributed by atoms with Crippen LogP contribution < -0.4 is 10.1 Å². The largest absolute Gasteiger partial charge is 0.492 e. The number of hydrogen-bond acceptors (Lipinski definition) is 5. The van der Waals surface area contributed by atoms with E-state index >= 15 is 0 Å². The predicted octanol–water partition coefficient (Wildman–Crippen LogP) is 4.15. The molecule has 0 spiro atoms. The normalized spacial score (nSPS) is 14.3. The topological polar surface area (TPSA) is 68.6 Å². The Morgan fingerprint density at radius 3 is 2.73 bits per heavy atom. The number of benzene rings is 2. The summed E-state index contributed by atoms with van der Waals surface area (Å²) < 4.78 is 26.7. The predicted molar refractivity (Wildman–Crippen MR) is 125 cm³/mol. The molecule has 4 rings (SSSR count). The van der Waals surface area contributed by atoms with Crippen molar-refractivity contribution in [3.63, 3.8) is 0 Å². The van der Waals surface area contributed by atoms with Crippen LogP contribution in [0.15, 0.2) is 42.6 Å². The third-order valence-electron chi connectivity index (χ3n) is 5.58. The molecule has 2 aromatic carbocycles.